The van der Waals surface area contributed by atoms with Crippen molar-refractivity contribution in [1.82, 2.24) is 4.90 Å². The lowest BCUT2D eigenvalue weighted by Gasteiger charge is -2.22. The van der Waals surface area contributed by atoms with E-state index in [0.717, 1.165) is 0 Å². The smallest absolute Gasteiger partial charge is 0.314 e. The largest absolute Gasteiger partial charge is 0.490 e. The molecule has 2 aliphatic heterocycles. The molecule has 0 aliphatic carbocycles. The lowest BCUT2D eigenvalue weighted by molar-refractivity contribution is -0.149. The summed E-state index contributed by atoms with van der Waals surface area (Å²) in [5.74, 6) is -0.144. The van der Waals surface area contributed by atoms with Crippen molar-refractivity contribution >= 4 is 11.9 Å². The summed E-state index contributed by atoms with van der Waals surface area (Å²) in [5.41, 5.74) is -0.516. The third-order valence-corrected chi connectivity index (χ3v) is 4.88. The van der Waals surface area contributed by atoms with Gasteiger partial charge in [-0.1, -0.05) is 0 Å². The van der Waals surface area contributed by atoms with Gasteiger partial charge in [0.2, 0.25) is 0 Å². The fraction of sp³-hybridized carbons (Fsp3) is 0.556. The van der Waals surface area contributed by atoms with Gasteiger partial charge < -0.3 is 24.2 Å². The van der Waals surface area contributed by atoms with Crippen LogP contribution in [0, 0.1) is 11.3 Å². The third kappa shape index (κ3) is 3.04. The first-order chi connectivity index (χ1) is 12.0. The molecule has 1 aromatic rings. The van der Waals surface area contributed by atoms with E-state index in [1.165, 1.54) is 0 Å². The van der Waals surface area contributed by atoms with Crippen LogP contribution >= 0.6 is 0 Å². The number of hydrogen-bond acceptors (Lipinski definition) is 5. The van der Waals surface area contributed by atoms with Crippen LogP contribution in [0.4, 0.5) is 0 Å². The van der Waals surface area contributed by atoms with E-state index in [1.807, 2.05) is 13.8 Å². The van der Waals surface area contributed by atoms with E-state index in [0.29, 0.717) is 43.4 Å². The molecule has 7 nitrogen and oxygen atoms in total. The molecular weight excluding hydrogens is 326 g/mol. The van der Waals surface area contributed by atoms with Gasteiger partial charge in [-0.05, 0) is 32.0 Å². The molecule has 3 rings (SSSR count). The van der Waals surface area contributed by atoms with Crippen molar-refractivity contribution in [1.29, 1.82) is 0 Å². The Morgan fingerprint density at radius 2 is 2.00 bits per heavy atom. The van der Waals surface area contributed by atoms with Crippen molar-refractivity contribution in [2.45, 2.75) is 13.8 Å². The van der Waals surface area contributed by atoms with Gasteiger partial charge in [0.15, 0.2) is 11.5 Å². The lowest BCUT2D eigenvalue weighted by Crippen LogP contribution is -2.40. The number of fused-ring (bicyclic) bond motifs is 1. The topological polar surface area (TPSA) is 85.3 Å². The number of aliphatic carboxylic acids is 1. The van der Waals surface area contributed by atoms with Crippen LogP contribution in [0.15, 0.2) is 18.2 Å². The Morgan fingerprint density at radius 3 is 2.64 bits per heavy atom. The van der Waals surface area contributed by atoms with Gasteiger partial charge in [-0.25, -0.2) is 0 Å². The van der Waals surface area contributed by atoms with Crippen molar-refractivity contribution in [3.05, 3.63) is 23.8 Å². The first kappa shape index (κ1) is 17.5. The normalized spacial score (nSPS) is 24.9. The number of amides is 1. The van der Waals surface area contributed by atoms with Crippen LogP contribution in [0.5, 0.6) is 11.5 Å². The minimum Gasteiger partial charge on any atom is -0.490 e. The molecule has 1 N–H and O–H groups in total. The second-order valence-corrected chi connectivity index (χ2v) is 6.39. The van der Waals surface area contributed by atoms with E-state index in [2.05, 4.69) is 0 Å². The lowest BCUT2D eigenvalue weighted by atomic mass is 9.81. The van der Waals surface area contributed by atoms with Gasteiger partial charge in [-0.3, -0.25) is 9.59 Å². The zero-order chi connectivity index (χ0) is 18.0. The number of ether oxygens (including phenoxy) is 3. The molecule has 7 heteroatoms. The SMILES string of the molecule is CCOc1ccc(C(=O)N2C[C@@H]3COC[C@]3(C(=O)O)C2)cc1OCC. The summed E-state index contributed by atoms with van der Waals surface area (Å²) in [5, 5.41) is 9.60. The van der Waals surface area contributed by atoms with Crippen molar-refractivity contribution in [3.63, 3.8) is 0 Å². The quantitative estimate of drug-likeness (QED) is 0.841. The molecule has 2 heterocycles. The summed E-state index contributed by atoms with van der Waals surface area (Å²) in [6.07, 6.45) is 0. The Hall–Kier alpha value is -2.28. The van der Waals surface area contributed by atoms with Gasteiger partial charge in [0, 0.05) is 24.6 Å². The van der Waals surface area contributed by atoms with Crippen molar-refractivity contribution in [2.24, 2.45) is 11.3 Å². The Labute approximate surface area is 146 Å². The molecule has 0 aromatic heterocycles. The van der Waals surface area contributed by atoms with Crippen LogP contribution in [0.2, 0.25) is 0 Å². The summed E-state index contributed by atoms with van der Waals surface area (Å²) in [7, 11) is 0. The van der Waals surface area contributed by atoms with Crippen molar-refractivity contribution < 1.29 is 28.9 Å². The summed E-state index contributed by atoms with van der Waals surface area (Å²) >= 11 is 0. The molecule has 0 spiro atoms. The summed E-state index contributed by atoms with van der Waals surface area (Å²) < 4.78 is 16.4. The van der Waals surface area contributed by atoms with Gasteiger partial charge in [-0.15, -0.1) is 0 Å². The molecule has 0 radical (unpaired) electrons. The Morgan fingerprint density at radius 1 is 1.28 bits per heavy atom. The average molecular weight is 349 g/mol. The maximum absolute atomic E-state index is 12.9. The fourth-order valence-electron chi connectivity index (χ4n) is 3.56. The Balaban J connectivity index is 1.82. The van der Waals surface area contributed by atoms with Crippen LogP contribution in [0.25, 0.3) is 0 Å². The molecule has 0 bridgehead atoms. The second-order valence-electron chi connectivity index (χ2n) is 6.39. The highest BCUT2D eigenvalue weighted by molar-refractivity contribution is 5.96. The van der Waals surface area contributed by atoms with Crippen LogP contribution in [0.1, 0.15) is 24.2 Å². The van der Waals surface area contributed by atoms with E-state index >= 15 is 0 Å². The van der Waals surface area contributed by atoms with Gasteiger partial charge in [0.1, 0.15) is 5.41 Å². The number of carboxylic acid groups (broad SMARTS) is 1. The van der Waals surface area contributed by atoms with Crippen LogP contribution in [-0.2, 0) is 9.53 Å². The molecule has 2 atom stereocenters. The zero-order valence-corrected chi connectivity index (χ0v) is 14.5. The number of likely N-dealkylation sites (tertiary alicyclic amines) is 1. The molecule has 2 aliphatic rings. The molecule has 136 valence electrons. The van der Waals surface area contributed by atoms with Gasteiger partial charge >= 0.3 is 5.97 Å². The first-order valence-electron chi connectivity index (χ1n) is 8.52. The maximum Gasteiger partial charge on any atom is 0.314 e. The molecule has 1 aromatic carbocycles. The zero-order valence-electron chi connectivity index (χ0n) is 14.5. The highest BCUT2D eigenvalue weighted by Gasteiger charge is 2.57. The molecule has 0 saturated carbocycles. The maximum atomic E-state index is 12.9. The van der Waals surface area contributed by atoms with E-state index in [4.69, 9.17) is 14.2 Å². The van der Waals surface area contributed by atoms with E-state index in [1.54, 1.807) is 23.1 Å². The predicted molar refractivity (Wildman–Crippen MR) is 89.1 cm³/mol. The van der Waals surface area contributed by atoms with Gasteiger partial charge in [0.05, 0.1) is 26.4 Å². The van der Waals surface area contributed by atoms with Crippen molar-refractivity contribution in [3.8, 4) is 11.5 Å². The minimum atomic E-state index is -0.982. The highest BCUT2D eigenvalue weighted by Crippen LogP contribution is 2.42. The van der Waals surface area contributed by atoms with Crippen LogP contribution in [-0.4, -0.2) is 61.4 Å². The standard InChI is InChI=1S/C18H23NO6/c1-3-24-14-6-5-12(7-15(14)25-4-2)16(20)19-8-13-9-23-11-18(13,10-19)17(21)22/h5-7,13H,3-4,8-11H2,1-2H3,(H,21,22)/t13-,18-/m1/s1. The summed E-state index contributed by atoms with van der Waals surface area (Å²) in [4.78, 5) is 26.2. The molecular formula is C18H23NO6. The number of carbonyl (C=O) groups excluding carboxylic acids is 1. The Kier molecular flexibility index (Phi) is 4.85. The van der Waals surface area contributed by atoms with Crippen LogP contribution in [0.3, 0.4) is 0 Å². The monoisotopic (exact) mass is 349 g/mol. The number of carbonyl (C=O) groups is 2. The number of benzene rings is 1. The molecule has 0 unspecified atom stereocenters. The Bertz CT molecular complexity index is 676. The van der Waals surface area contributed by atoms with E-state index in [-0.39, 0.29) is 25.0 Å². The summed E-state index contributed by atoms with van der Waals surface area (Å²) in [6.45, 7) is 5.80. The average Bonchev–Trinajstić information content (AvgIpc) is 3.14. The first-order valence-corrected chi connectivity index (χ1v) is 8.52. The second kappa shape index (κ2) is 6.92. The fourth-order valence-corrected chi connectivity index (χ4v) is 3.56. The van der Waals surface area contributed by atoms with E-state index < -0.39 is 11.4 Å². The molecule has 2 saturated heterocycles. The number of hydrogen-bond donors (Lipinski definition) is 1. The van der Waals surface area contributed by atoms with Crippen molar-refractivity contribution in [2.75, 3.05) is 39.5 Å². The highest BCUT2D eigenvalue weighted by atomic mass is 16.5. The number of nitrogens with zero attached hydrogens (tertiary/aromatic N) is 1. The minimum absolute atomic E-state index is 0.157. The predicted octanol–water partition coefficient (Wildman–Crippen LogP) is 1.66. The number of rotatable bonds is 6. The van der Waals surface area contributed by atoms with E-state index in [9.17, 15) is 14.7 Å². The van der Waals surface area contributed by atoms with Gasteiger partial charge in [-0.2, -0.15) is 0 Å². The molecule has 25 heavy (non-hydrogen) atoms. The summed E-state index contributed by atoms with van der Waals surface area (Å²) in [6, 6.07) is 5.07. The van der Waals surface area contributed by atoms with Gasteiger partial charge in [0.25, 0.3) is 5.91 Å². The molecule has 2 fully saturated rings. The van der Waals surface area contributed by atoms with Crippen LogP contribution < -0.4 is 9.47 Å². The molecule has 1 amide bonds. The third-order valence-electron chi connectivity index (χ3n) is 4.88. The number of carboxylic acids is 1.